The molecule has 0 aliphatic rings. The van der Waals surface area contributed by atoms with Crippen molar-refractivity contribution < 1.29 is 12.8 Å². The van der Waals surface area contributed by atoms with Gasteiger partial charge in [-0.15, -0.1) is 0 Å². The molecule has 3 nitrogen and oxygen atoms in total. The summed E-state index contributed by atoms with van der Waals surface area (Å²) in [6, 6.07) is 3.95. The van der Waals surface area contributed by atoms with Gasteiger partial charge < -0.3 is 0 Å². The largest absolute Gasteiger partial charge is 0.228 e. The van der Waals surface area contributed by atoms with Gasteiger partial charge in [-0.05, 0) is 33.6 Å². The lowest BCUT2D eigenvalue weighted by Crippen LogP contribution is -2.14. The van der Waals surface area contributed by atoms with Crippen LogP contribution in [0.1, 0.15) is 5.56 Å². The molecule has 0 heterocycles. The topological polar surface area (TPSA) is 60.2 Å². The Hall–Kier alpha value is -0.460. The van der Waals surface area contributed by atoms with Gasteiger partial charge >= 0.3 is 0 Å². The first-order chi connectivity index (χ1) is 5.88. The zero-order valence-electron chi connectivity index (χ0n) is 6.50. The standard InChI is InChI=1S/C7H7BrFNO2S/c8-6-3-5(1-2-7(6)9)4-13(10,11)12/h1-3H,4H2,(H2,10,11,12). The van der Waals surface area contributed by atoms with E-state index in [2.05, 4.69) is 15.9 Å². The van der Waals surface area contributed by atoms with Gasteiger partial charge in [-0.25, -0.2) is 17.9 Å². The van der Waals surface area contributed by atoms with Crippen LogP contribution in [-0.2, 0) is 15.8 Å². The lowest BCUT2D eigenvalue weighted by Gasteiger charge is -2.00. The van der Waals surface area contributed by atoms with E-state index in [1.165, 1.54) is 18.2 Å². The summed E-state index contributed by atoms with van der Waals surface area (Å²) in [6.45, 7) is 0. The molecule has 0 amide bonds. The van der Waals surface area contributed by atoms with Crippen LogP contribution < -0.4 is 5.14 Å². The van der Waals surface area contributed by atoms with Crippen LogP contribution in [0.3, 0.4) is 0 Å². The van der Waals surface area contributed by atoms with E-state index in [-0.39, 0.29) is 10.2 Å². The van der Waals surface area contributed by atoms with Crippen LogP contribution in [0.5, 0.6) is 0 Å². The third kappa shape index (κ3) is 3.41. The highest BCUT2D eigenvalue weighted by molar-refractivity contribution is 9.10. The summed E-state index contributed by atoms with van der Waals surface area (Å²) >= 11 is 2.94. The molecule has 0 spiro atoms. The van der Waals surface area contributed by atoms with Crippen molar-refractivity contribution in [2.24, 2.45) is 5.14 Å². The second-order valence-electron chi connectivity index (χ2n) is 2.56. The lowest BCUT2D eigenvalue weighted by molar-refractivity contribution is 0.596. The highest BCUT2D eigenvalue weighted by atomic mass is 79.9. The van der Waals surface area contributed by atoms with Gasteiger partial charge in [0.2, 0.25) is 10.0 Å². The molecule has 6 heteroatoms. The zero-order chi connectivity index (χ0) is 10.1. The van der Waals surface area contributed by atoms with Gasteiger partial charge in [0, 0.05) is 0 Å². The molecule has 0 aliphatic carbocycles. The molecule has 0 fully saturated rings. The second kappa shape index (κ2) is 3.73. The van der Waals surface area contributed by atoms with Gasteiger partial charge in [0.25, 0.3) is 0 Å². The maximum atomic E-state index is 12.7. The van der Waals surface area contributed by atoms with Crippen LogP contribution in [0.4, 0.5) is 4.39 Å². The van der Waals surface area contributed by atoms with Crippen molar-refractivity contribution in [2.45, 2.75) is 5.75 Å². The first-order valence-electron chi connectivity index (χ1n) is 3.33. The molecule has 0 bridgehead atoms. The van der Waals surface area contributed by atoms with Gasteiger partial charge in [0.1, 0.15) is 5.82 Å². The van der Waals surface area contributed by atoms with Crippen molar-refractivity contribution in [3.8, 4) is 0 Å². The maximum Gasteiger partial charge on any atom is 0.213 e. The van der Waals surface area contributed by atoms with Crippen LogP contribution >= 0.6 is 15.9 Å². The first kappa shape index (κ1) is 10.6. The summed E-state index contributed by atoms with van der Waals surface area (Å²) in [7, 11) is -3.55. The average Bonchev–Trinajstić information content (AvgIpc) is 1.94. The molecule has 0 radical (unpaired) electrons. The van der Waals surface area contributed by atoms with Crippen molar-refractivity contribution >= 4 is 26.0 Å². The molecule has 13 heavy (non-hydrogen) atoms. The number of primary sulfonamides is 1. The minimum atomic E-state index is -3.55. The lowest BCUT2D eigenvalue weighted by atomic mass is 10.2. The van der Waals surface area contributed by atoms with Gasteiger partial charge in [0.05, 0.1) is 10.2 Å². The van der Waals surface area contributed by atoms with Gasteiger partial charge in [-0.3, -0.25) is 0 Å². The Morgan fingerprint density at radius 3 is 2.54 bits per heavy atom. The van der Waals surface area contributed by atoms with Crippen molar-refractivity contribution in [3.05, 3.63) is 34.1 Å². The predicted octanol–water partition coefficient (Wildman–Crippen LogP) is 1.38. The molecule has 0 saturated heterocycles. The van der Waals surface area contributed by atoms with E-state index >= 15 is 0 Å². The van der Waals surface area contributed by atoms with Crippen LogP contribution in [0, 0.1) is 5.82 Å². The minimum absolute atomic E-state index is 0.230. The van der Waals surface area contributed by atoms with Gasteiger partial charge in [-0.2, -0.15) is 0 Å². The number of rotatable bonds is 2. The van der Waals surface area contributed by atoms with Crippen molar-refractivity contribution in [3.63, 3.8) is 0 Å². The summed E-state index contributed by atoms with van der Waals surface area (Å²) < 4.78 is 34.3. The molecule has 0 aliphatic heterocycles. The van der Waals surface area contributed by atoms with Crippen molar-refractivity contribution in [2.75, 3.05) is 0 Å². The fourth-order valence-electron chi connectivity index (χ4n) is 0.862. The molecule has 1 aromatic carbocycles. The van der Waals surface area contributed by atoms with E-state index in [0.29, 0.717) is 5.56 Å². The third-order valence-electron chi connectivity index (χ3n) is 1.35. The van der Waals surface area contributed by atoms with Crippen LogP contribution in [-0.4, -0.2) is 8.42 Å². The van der Waals surface area contributed by atoms with Crippen molar-refractivity contribution in [1.29, 1.82) is 0 Å². The second-order valence-corrected chi connectivity index (χ2v) is 5.02. The van der Waals surface area contributed by atoms with E-state index in [4.69, 9.17) is 5.14 Å². The Morgan fingerprint density at radius 2 is 2.08 bits per heavy atom. The van der Waals surface area contributed by atoms with E-state index in [0.717, 1.165) is 0 Å². The monoisotopic (exact) mass is 267 g/mol. The quantitative estimate of drug-likeness (QED) is 0.880. The smallest absolute Gasteiger partial charge is 0.213 e. The third-order valence-corrected chi connectivity index (χ3v) is 2.70. The molecule has 0 saturated carbocycles. The number of benzene rings is 1. The number of sulfonamides is 1. The summed E-state index contributed by atoms with van der Waals surface area (Å²) in [6.07, 6.45) is 0. The molecule has 0 aromatic heterocycles. The summed E-state index contributed by atoms with van der Waals surface area (Å²) in [5, 5.41) is 4.82. The van der Waals surface area contributed by atoms with Gasteiger partial charge in [0.15, 0.2) is 0 Å². The van der Waals surface area contributed by atoms with E-state index < -0.39 is 15.8 Å². The maximum absolute atomic E-state index is 12.7. The number of hydrogen-bond acceptors (Lipinski definition) is 2. The Bertz CT molecular complexity index is 419. The van der Waals surface area contributed by atoms with Crippen molar-refractivity contribution in [1.82, 2.24) is 0 Å². The number of halogens is 2. The number of hydrogen-bond donors (Lipinski definition) is 1. The molecular weight excluding hydrogens is 261 g/mol. The summed E-state index contributed by atoms with van der Waals surface area (Å²) in [5.74, 6) is -0.718. The molecule has 0 unspecified atom stereocenters. The molecule has 1 rings (SSSR count). The SMILES string of the molecule is NS(=O)(=O)Cc1ccc(F)c(Br)c1. The fourth-order valence-corrected chi connectivity index (χ4v) is 1.93. The van der Waals surface area contributed by atoms with E-state index in [1.807, 2.05) is 0 Å². The summed E-state index contributed by atoms with van der Waals surface area (Å²) in [4.78, 5) is 0. The first-order valence-corrected chi connectivity index (χ1v) is 5.84. The molecule has 2 N–H and O–H groups in total. The Balaban J connectivity index is 2.99. The Morgan fingerprint density at radius 1 is 1.46 bits per heavy atom. The van der Waals surface area contributed by atoms with Crippen LogP contribution in [0.2, 0.25) is 0 Å². The van der Waals surface area contributed by atoms with E-state index in [1.54, 1.807) is 0 Å². The summed E-state index contributed by atoms with van der Waals surface area (Å²) in [5.41, 5.74) is 0.454. The molecule has 0 atom stereocenters. The number of nitrogens with two attached hydrogens (primary N) is 1. The molecule has 72 valence electrons. The average molecular weight is 268 g/mol. The highest BCUT2D eigenvalue weighted by Gasteiger charge is 2.06. The Kier molecular flexibility index (Phi) is 3.05. The van der Waals surface area contributed by atoms with Gasteiger partial charge in [-0.1, -0.05) is 6.07 Å². The predicted molar refractivity (Wildman–Crippen MR) is 50.9 cm³/mol. The zero-order valence-corrected chi connectivity index (χ0v) is 8.90. The van der Waals surface area contributed by atoms with Crippen LogP contribution in [0.15, 0.2) is 22.7 Å². The highest BCUT2D eigenvalue weighted by Crippen LogP contribution is 2.17. The normalized spacial score (nSPS) is 11.6. The molecular formula is C7H7BrFNO2S. The Labute approximate surface area is 83.9 Å². The fraction of sp³-hybridized carbons (Fsp3) is 0.143. The van der Waals surface area contributed by atoms with E-state index in [9.17, 15) is 12.8 Å². The van der Waals surface area contributed by atoms with Crippen LogP contribution in [0.25, 0.3) is 0 Å². The minimum Gasteiger partial charge on any atom is -0.228 e. The molecule has 1 aromatic rings.